The summed E-state index contributed by atoms with van der Waals surface area (Å²) in [5.41, 5.74) is 8.15. The van der Waals surface area contributed by atoms with Crippen LogP contribution >= 0.6 is 0 Å². The number of nitrogens with zero attached hydrogens (tertiary/aromatic N) is 2. The van der Waals surface area contributed by atoms with Crippen LogP contribution in [-0.4, -0.2) is 16.3 Å². The van der Waals surface area contributed by atoms with Gasteiger partial charge in [-0.05, 0) is 31.4 Å². The summed E-state index contributed by atoms with van der Waals surface area (Å²) >= 11 is 0. The van der Waals surface area contributed by atoms with E-state index in [0.29, 0.717) is 11.8 Å². The van der Waals surface area contributed by atoms with Crippen molar-refractivity contribution in [1.82, 2.24) is 9.78 Å². The fraction of sp³-hybridized carbons (Fsp3) is 0.667. The second-order valence-electron chi connectivity index (χ2n) is 3.71. The van der Waals surface area contributed by atoms with Crippen molar-refractivity contribution in [2.75, 3.05) is 6.54 Å². The van der Waals surface area contributed by atoms with Crippen molar-refractivity contribution in [2.24, 2.45) is 18.7 Å². The highest BCUT2D eigenvalue weighted by Gasteiger charge is 2.39. The quantitative estimate of drug-likeness (QED) is 0.704. The highest BCUT2D eigenvalue weighted by atomic mass is 15.3. The number of aromatic nitrogens is 2. The monoisotopic (exact) mass is 165 g/mol. The van der Waals surface area contributed by atoms with Gasteiger partial charge in [-0.15, -0.1) is 0 Å². The first-order chi connectivity index (χ1) is 5.72. The fourth-order valence-electron chi connectivity index (χ4n) is 1.83. The molecule has 1 aromatic heterocycles. The van der Waals surface area contributed by atoms with Crippen LogP contribution in [0.25, 0.3) is 0 Å². The molecule has 1 fully saturated rings. The van der Waals surface area contributed by atoms with E-state index >= 15 is 0 Å². The number of rotatable bonds is 2. The van der Waals surface area contributed by atoms with Crippen molar-refractivity contribution in [2.45, 2.75) is 19.3 Å². The second-order valence-corrected chi connectivity index (χ2v) is 3.71. The standard InChI is InChI=1S/C9H15N3/c1-6-5-12(2)11-9(6)8-3-7(8)4-10/h5,7-8H,3-4,10H2,1-2H3/t7-,8+/m0/s1. The number of hydrogen-bond donors (Lipinski definition) is 1. The minimum atomic E-state index is 0.649. The van der Waals surface area contributed by atoms with E-state index in [-0.39, 0.29) is 0 Å². The van der Waals surface area contributed by atoms with Gasteiger partial charge in [-0.3, -0.25) is 4.68 Å². The van der Waals surface area contributed by atoms with Crippen molar-refractivity contribution in [3.8, 4) is 0 Å². The first-order valence-electron chi connectivity index (χ1n) is 4.42. The molecule has 1 aliphatic rings. The van der Waals surface area contributed by atoms with Crippen molar-refractivity contribution in [3.63, 3.8) is 0 Å². The lowest BCUT2D eigenvalue weighted by atomic mass is 10.2. The molecular weight excluding hydrogens is 150 g/mol. The molecule has 1 aromatic rings. The van der Waals surface area contributed by atoms with Crippen LogP contribution < -0.4 is 5.73 Å². The van der Waals surface area contributed by atoms with Crippen LogP contribution in [0.2, 0.25) is 0 Å². The Morgan fingerprint density at radius 1 is 1.75 bits per heavy atom. The molecule has 0 amide bonds. The van der Waals surface area contributed by atoms with Crippen LogP contribution in [0.4, 0.5) is 0 Å². The summed E-state index contributed by atoms with van der Waals surface area (Å²) in [6.07, 6.45) is 3.30. The highest BCUT2D eigenvalue weighted by Crippen LogP contribution is 2.46. The maximum atomic E-state index is 5.58. The Bertz CT molecular complexity index is 290. The molecule has 12 heavy (non-hydrogen) atoms. The zero-order chi connectivity index (χ0) is 8.72. The van der Waals surface area contributed by atoms with Crippen molar-refractivity contribution in [3.05, 3.63) is 17.5 Å². The SMILES string of the molecule is Cc1cn(C)nc1[C@@H]1C[C@H]1CN. The lowest BCUT2D eigenvalue weighted by Gasteiger charge is -1.93. The number of hydrogen-bond acceptors (Lipinski definition) is 2. The summed E-state index contributed by atoms with van der Waals surface area (Å²) in [5.74, 6) is 1.34. The Morgan fingerprint density at radius 2 is 2.50 bits per heavy atom. The van der Waals surface area contributed by atoms with Crippen LogP contribution in [0.5, 0.6) is 0 Å². The zero-order valence-electron chi connectivity index (χ0n) is 7.62. The first-order valence-corrected chi connectivity index (χ1v) is 4.42. The third kappa shape index (κ3) is 1.14. The smallest absolute Gasteiger partial charge is 0.0687 e. The van der Waals surface area contributed by atoms with E-state index in [9.17, 15) is 0 Å². The molecule has 0 aromatic carbocycles. The third-order valence-electron chi connectivity index (χ3n) is 2.63. The first kappa shape index (κ1) is 7.80. The van der Waals surface area contributed by atoms with Crippen LogP contribution in [0.1, 0.15) is 23.6 Å². The van der Waals surface area contributed by atoms with Gasteiger partial charge in [0.15, 0.2) is 0 Å². The molecule has 66 valence electrons. The lowest BCUT2D eigenvalue weighted by molar-refractivity contribution is 0.725. The second kappa shape index (κ2) is 2.59. The van der Waals surface area contributed by atoms with Gasteiger partial charge in [0, 0.05) is 19.2 Å². The van der Waals surface area contributed by atoms with Gasteiger partial charge in [-0.25, -0.2) is 0 Å². The molecule has 0 spiro atoms. The van der Waals surface area contributed by atoms with Gasteiger partial charge < -0.3 is 5.73 Å². The van der Waals surface area contributed by atoms with Gasteiger partial charge in [-0.1, -0.05) is 0 Å². The maximum Gasteiger partial charge on any atom is 0.0687 e. The summed E-state index contributed by atoms with van der Waals surface area (Å²) < 4.78 is 1.89. The summed E-state index contributed by atoms with van der Waals surface area (Å²) in [5, 5.41) is 4.43. The molecule has 1 aliphatic carbocycles. The van der Waals surface area contributed by atoms with E-state index in [1.165, 1.54) is 17.7 Å². The minimum absolute atomic E-state index is 0.649. The third-order valence-corrected chi connectivity index (χ3v) is 2.63. The van der Waals surface area contributed by atoms with E-state index in [1.807, 2.05) is 11.7 Å². The molecule has 1 saturated carbocycles. The highest BCUT2D eigenvalue weighted by molar-refractivity contribution is 5.25. The summed E-state index contributed by atoms with van der Waals surface area (Å²) in [7, 11) is 1.97. The van der Waals surface area contributed by atoms with E-state index in [2.05, 4.69) is 18.2 Å². The van der Waals surface area contributed by atoms with Gasteiger partial charge in [0.05, 0.1) is 5.69 Å². The molecule has 3 heteroatoms. The van der Waals surface area contributed by atoms with Crippen molar-refractivity contribution in [1.29, 1.82) is 0 Å². The summed E-state index contributed by atoms with van der Waals surface area (Å²) in [6, 6.07) is 0. The Hall–Kier alpha value is -0.830. The van der Waals surface area contributed by atoms with Gasteiger partial charge in [0.2, 0.25) is 0 Å². The lowest BCUT2D eigenvalue weighted by Crippen LogP contribution is -2.02. The van der Waals surface area contributed by atoms with Crippen LogP contribution in [0, 0.1) is 12.8 Å². The van der Waals surface area contributed by atoms with Crippen LogP contribution in [0.15, 0.2) is 6.20 Å². The predicted molar refractivity (Wildman–Crippen MR) is 47.8 cm³/mol. The summed E-state index contributed by atoms with van der Waals surface area (Å²) in [4.78, 5) is 0. The fourth-order valence-corrected chi connectivity index (χ4v) is 1.83. The molecule has 2 rings (SSSR count). The topological polar surface area (TPSA) is 43.8 Å². The normalized spacial score (nSPS) is 27.6. The van der Waals surface area contributed by atoms with Gasteiger partial charge in [0.25, 0.3) is 0 Å². The Morgan fingerprint density at radius 3 is 2.92 bits per heavy atom. The molecule has 2 atom stereocenters. The van der Waals surface area contributed by atoms with E-state index in [4.69, 9.17) is 5.73 Å². The van der Waals surface area contributed by atoms with Crippen LogP contribution in [0.3, 0.4) is 0 Å². The predicted octanol–water partition coefficient (Wildman–Crippen LogP) is 0.791. The molecule has 0 unspecified atom stereocenters. The van der Waals surface area contributed by atoms with Crippen molar-refractivity contribution >= 4 is 0 Å². The molecule has 1 heterocycles. The number of nitrogens with two attached hydrogens (primary N) is 1. The Balaban J connectivity index is 2.19. The minimum Gasteiger partial charge on any atom is -0.330 e. The summed E-state index contributed by atoms with van der Waals surface area (Å²) in [6.45, 7) is 2.93. The molecule has 0 radical (unpaired) electrons. The van der Waals surface area contributed by atoms with E-state index in [0.717, 1.165) is 6.54 Å². The largest absolute Gasteiger partial charge is 0.330 e. The molecule has 0 aliphatic heterocycles. The van der Waals surface area contributed by atoms with Gasteiger partial charge in [0.1, 0.15) is 0 Å². The molecular formula is C9H15N3. The number of aryl methyl sites for hydroxylation is 2. The van der Waals surface area contributed by atoms with Crippen LogP contribution in [-0.2, 0) is 7.05 Å². The Labute approximate surface area is 72.6 Å². The van der Waals surface area contributed by atoms with E-state index < -0.39 is 0 Å². The van der Waals surface area contributed by atoms with E-state index in [1.54, 1.807) is 0 Å². The molecule has 2 N–H and O–H groups in total. The van der Waals surface area contributed by atoms with Gasteiger partial charge >= 0.3 is 0 Å². The maximum absolute atomic E-state index is 5.58. The molecule has 0 bridgehead atoms. The molecule has 0 saturated heterocycles. The Kier molecular flexibility index (Phi) is 1.68. The van der Waals surface area contributed by atoms with Gasteiger partial charge in [-0.2, -0.15) is 5.10 Å². The average Bonchev–Trinajstić information content (AvgIpc) is 2.72. The average molecular weight is 165 g/mol. The molecule has 3 nitrogen and oxygen atoms in total. The van der Waals surface area contributed by atoms with Crippen molar-refractivity contribution < 1.29 is 0 Å². The zero-order valence-corrected chi connectivity index (χ0v) is 7.62.